The number of aryl methyl sites for hydroxylation is 1. The zero-order chi connectivity index (χ0) is 29.0. The van der Waals surface area contributed by atoms with Crippen molar-refractivity contribution in [1.82, 2.24) is 20.2 Å². The summed E-state index contributed by atoms with van der Waals surface area (Å²) in [6, 6.07) is 15.1. The van der Waals surface area contributed by atoms with Crippen molar-refractivity contribution in [3.05, 3.63) is 104 Å². The van der Waals surface area contributed by atoms with Crippen LogP contribution in [0.3, 0.4) is 0 Å². The van der Waals surface area contributed by atoms with E-state index in [-0.39, 0.29) is 35.9 Å². The molecule has 0 unspecified atom stereocenters. The van der Waals surface area contributed by atoms with E-state index < -0.39 is 17.4 Å². The normalized spacial score (nSPS) is 11.1. The van der Waals surface area contributed by atoms with Crippen molar-refractivity contribution in [2.45, 2.75) is 33.0 Å². The van der Waals surface area contributed by atoms with Crippen LogP contribution in [0.2, 0.25) is 5.02 Å². The minimum Gasteiger partial charge on any atom is -0.280 e. The van der Waals surface area contributed by atoms with E-state index in [1.165, 1.54) is 13.0 Å². The van der Waals surface area contributed by atoms with Gasteiger partial charge in [0.15, 0.2) is 11.5 Å². The van der Waals surface area contributed by atoms with Gasteiger partial charge in [-0.15, -0.1) is 5.10 Å². The molecule has 2 aromatic heterocycles. The van der Waals surface area contributed by atoms with Gasteiger partial charge >= 0.3 is 6.18 Å². The summed E-state index contributed by atoms with van der Waals surface area (Å²) >= 11 is 6.09. The van der Waals surface area contributed by atoms with Crippen LogP contribution in [0.1, 0.15) is 30.3 Å². The molecule has 2 N–H and O–H groups in total. The Hall–Kier alpha value is -4.69. The van der Waals surface area contributed by atoms with Gasteiger partial charge in [-0.2, -0.15) is 13.2 Å². The average molecular weight is 567 g/mol. The molecule has 4 aromatic rings. The number of nitrogens with zero attached hydrogens (tertiary/aromatic N) is 4. The fourth-order valence-electron chi connectivity index (χ4n) is 3.93. The number of amides is 1. The van der Waals surface area contributed by atoms with Crippen molar-refractivity contribution in [3.63, 3.8) is 0 Å². The maximum absolute atomic E-state index is 14.0. The molecule has 0 radical (unpaired) electrons. The standard InChI is InChI=1S/C28H22ClF3N6O2/c1-4-23(39)35-36-26-24(17-5-10-20(29)11-6-17)25(18-7-12-21(33-3)13-8-18)27(40)38(37-26)15-19-9-14-22(28(30,31)32)34-16(19)2/h5-14H,4,15H2,1-2H3,(H,35,39)(H,36,37). The summed E-state index contributed by atoms with van der Waals surface area (Å²) < 4.78 is 40.5. The smallest absolute Gasteiger partial charge is 0.280 e. The SMILES string of the molecule is [C-]#[N+]c1ccc(-c2c(-c3ccc(Cl)cc3)c(NNC(=O)CC)nn(Cc3ccc(C(F)(F)F)nc3C)c2=O)cc1. The van der Waals surface area contributed by atoms with Crippen molar-refractivity contribution < 1.29 is 18.0 Å². The van der Waals surface area contributed by atoms with Crippen LogP contribution in [-0.4, -0.2) is 20.7 Å². The van der Waals surface area contributed by atoms with E-state index >= 15 is 0 Å². The lowest BCUT2D eigenvalue weighted by Crippen LogP contribution is -2.33. The summed E-state index contributed by atoms with van der Waals surface area (Å²) in [5.41, 5.74) is 6.11. The van der Waals surface area contributed by atoms with Gasteiger partial charge in [-0.3, -0.25) is 20.4 Å². The number of nitrogens with one attached hydrogen (secondary N) is 2. The number of pyridine rings is 1. The molecule has 0 atom stereocenters. The molecule has 0 spiro atoms. The molecule has 0 aliphatic carbocycles. The summed E-state index contributed by atoms with van der Waals surface area (Å²) in [5, 5.41) is 4.92. The highest BCUT2D eigenvalue weighted by atomic mass is 35.5. The maximum Gasteiger partial charge on any atom is 0.433 e. The fraction of sp³-hybridized carbons (Fsp3) is 0.179. The molecule has 0 saturated heterocycles. The van der Waals surface area contributed by atoms with E-state index in [4.69, 9.17) is 18.2 Å². The molecule has 4 rings (SSSR count). The molecular formula is C28H22ClF3N6O2. The van der Waals surface area contributed by atoms with Crippen LogP contribution in [0, 0.1) is 13.5 Å². The quantitative estimate of drug-likeness (QED) is 0.199. The molecule has 0 saturated carbocycles. The molecule has 40 heavy (non-hydrogen) atoms. The zero-order valence-corrected chi connectivity index (χ0v) is 22.1. The first kappa shape index (κ1) is 28.3. The summed E-state index contributed by atoms with van der Waals surface area (Å²) in [6.45, 7) is 10.1. The Balaban J connectivity index is 1.96. The summed E-state index contributed by atoms with van der Waals surface area (Å²) in [4.78, 5) is 33.1. The van der Waals surface area contributed by atoms with E-state index in [2.05, 4.69) is 25.8 Å². The Morgan fingerprint density at radius 2 is 1.65 bits per heavy atom. The van der Waals surface area contributed by atoms with Crippen molar-refractivity contribution in [2.24, 2.45) is 0 Å². The predicted octanol–water partition coefficient (Wildman–Crippen LogP) is 6.41. The van der Waals surface area contributed by atoms with Gasteiger partial charge < -0.3 is 0 Å². The van der Waals surface area contributed by atoms with Gasteiger partial charge in [-0.1, -0.05) is 61.0 Å². The number of halogens is 4. The molecule has 0 aliphatic heterocycles. The van der Waals surface area contributed by atoms with E-state index in [0.717, 1.165) is 10.7 Å². The maximum atomic E-state index is 14.0. The van der Waals surface area contributed by atoms with Crippen LogP contribution in [-0.2, 0) is 17.5 Å². The van der Waals surface area contributed by atoms with Crippen LogP contribution in [0.15, 0.2) is 65.5 Å². The van der Waals surface area contributed by atoms with E-state index in [0.29, 0.717) is 33.0 Å². The molecule has 12 heteroatoms. The molecular weight excluding hydrogens is 545 g/mol. The second-order valence-electron chi connectivity index (χ2n) is 8.69. The Morgan fingerprint density at radius 3 is 2.23 bits per heavy atom. The molecule has 204 valence electrons. The number of alkyl halides is 3. The Bertz CT molecular complexity index is 1660. The third-order valence-corrected chi connectivity index (χ3v) is 6.27. The fourth-order valence-corrected chi connectivity index (χ4v) is 4.05. The van der Waals surface area contributed by atoms with Gasteiger partial charge in [0, 0.05) is 22.7 Å². The first-order valence-corrected chi connectivity index (χ1v) is 12.4. The van der Waals surface area contributed by atoms with Crippen LogP contribution in [0.4, 0.5) is 24.7 Å². The second-order valence-corrected chi connectivity index (χ2v) is 9.13. The average Bonchev–Trinajstić information content (AvgIpc) is 2.93. The molecule has 0 fully saturated rings. The van der Waals surface area contributed by atoms with Crippen LogP contribution in [0.5, 0.6) is 0 Å². The predicted molar refractivity (Wildman–Crippen MR) is 146 cm³/mol. The van der Waals surface area contributed by atoms with Gasteiger partial charge in [0.25, 0.3) is 5.56 Å². The van der Waals surface area contributed by atoms with E-state index in [9.17, 15) is 22.8 Å². The first-order chi connectivity index (χ1) is 19.0. The molecule has 0 aliphatic rings. The monoisotopic (exact) mass is 566 g/mol. The highest BCUT2D eigenvalue weighted by molar-refractivity contribution is 6.30. The number of carbonyl (C=O) groups excluding carboxylic acids is 1. The Labute approximate surface area is 232 Å². The minimum atomic E-state index is -4.61. The number of hydrazine groups is 1. The first-order valence-electron chi connectivity index (χ1n) is 12.0. The third kappa shape index (κ3) is 6.13. The zero-order valence-electron chi connectivity index (χ0n) is 21.3. The largest absolute Gasteiger partial charge is 0.433 e. The van der Waals surface area contributed by atoms with Crippen molar-refractivity contribution in [2.75, 3.05) is 5.43 Å². The number of benzene rings is 2. The minimum absolute atomic E-state index is 0.0852. The number of aromatic nitrogens is 3. The number of hydrogen-bond acceptors (Lipinski definition) is 5. The highest BCUT2D eigenvalue weighted by Gasteiger charge is 2.32. The lowest BCUT2D eigenvalue weighted by molar-refractivity contribution is -0.141. The second kappa shape index (κ2) is 11.6. The number of rotatable bonds is 7. The van der Waals surface area contributed by atoms with Crippen LogP contribution in [0.25, 0.3) is 27.1 Å². The molecule has 8 nitrogen and oxygen atoms in total. The Morgan fingerprint density at radius 1 is 1.02 bits per heavy atom. The Kier molecular flexibility index (Phi) is 8.21. The van der Waals surface area contributed by atoms with Crippen LogP contribution < -0.4 is 16.4 Å². The van der Waals surface area contributed by atoms with Crippen molar-refractivity contribution in [3.8, 4) is 22.3 Å². The molecule has 1 amide bonds. The van der Waals surface area contributed by atoms with Crippen molar-refractivity contribution >= 4 is 29.0 Å². The molecule has 2 aromatic carbocycles. The summed E-state index contributed by atoms with van der Waals surface area (Å²) in [5.74, 6) is -0.224. The van der Waals surface area contributed by atoms with E-state index in [1.54, 1.807) is 55.5 Å². The number of hydrogen-bond donors (Lipinski definition) is 2. The lowest BCUT2D eigenvalue weighted by atomic mass is 9.96. The van der Waals surface area contributed by atoms with Gasteiger partial charge in [-0.05, 0) is 41.8 Å². The van der Waals surface area contributed by atoms with Gasteiger partial charge in [0.2, 0.25) is 5.91 Å². The number of carbonyl (C=O) groups is 1. The topological polar surface area (TPSA) is 93.3 Å². The van der Waals surface area contributed by atoms with E-state index in [1.807, 2.05) is 0 Å². The van der Waals surface area contributed by atoms with Gasteiger partial charge in [0.1, 0.15) is 5.69 Å². The van der Waals surface area contributed by atoms with Crippen molar-refractivity contribution in [1.29, 1.82) is 0 Å². The lowest BCUT2D eigenvalue weighted by Gasteiger charge is -2.19. The van der Waals surface area contributed by atoms with Gasteiger partial charge in [0.05, 0.1) is 18.7 Å². The summed E-state index contributed by atoms with van der Waals surface area (Å²) in [6.07, 6.45) is -4.44. The third-order valence-electron chi connectivity index (χ3n) is 6.02. The number of anilines is 1. The molecule has 2 heterocycles. The van der Waals surface area contributed by atoms with Gasteiger partial charge in [-0.25, -0.2) is 14.5 Å². The summed E-state index contributed by atoms with van der Waals surface area (Å²) in [7, 11) is 0. The molecule has 0 bridgehead atoms. The van der Waals surface area contributed by atoms with Crippen LogP contribution >= 0.6 is 11.6 Å². The highest BCUT2D eigenvalue weighted by Crippen LogP contribution is 2.36.